The first kappa shape index (κ1) is 26.0. The lowest BCUT2D eigenvalue weighted by atomic mass is 10.0. The van der Waals surface area contributed by atoms with Crippen LogP contribution in [0.4, 0.5) is 5.69 Å². The first-order valence-electron chi connectivity index (χ1n) is 12.3. The smallest absolute Gasteiger partial charge is 0.303 e. The highest BCUT2D eigenvalue weighted by Crippen LogP contribution is 2.32. The number of nitrogens with one attached hydrogen (secondary N) is 1. The van der Waals surface area contributed by atoms with Crippen LogP contribution in [0.1, 0.15) is 36.1 Å². The van der Waals surface area contributed by atoms with Crippen molar-refractivity contribution in [2.75, 3.05) is 38.8 Å². The zero-order chi connectivity index (χ0) is 26.0. The fraction of sp³-hybridized carbons (Fsp3) is 0.310. The fourth-order valence-corrected chi connectivity index (χ4v) is 4.35. The van der Waals surface area contributed by atoms with Crippen molar-refractivity contribution in [3.05, 3.63) is 90.0 Å². The number of nitrogens with zero attached hydrogens (tertiary/aromatic N) is 1. The third kappa shape index (κ3) is 7.01. The van der Waals surface area contributed by atoms with Crippen LogP contribution in [0.3, 0.4) is 0 Å². The Morgan fingerprint density at radius 2 is 1.76 bits per heavy atom. The zero-order valence-electron chi connectivity index (χ0n) is 20.8. The lowest BCUT2D eigenvalue weighted by Crippen LogP contribution is -2.46. The van der Waals surface area contributed by atoms with Gasteiger partial charge in [0.15, 0.2) is 0 Å². The van der Waals surface area contributed by atoms with E-state index in [1.54, 1.807) is 25.3 Å². The predicted molar refractivity (Wildman–Crippen MR) is 140 cm³/mol. The Bertz CT molecular complexity index is 1170. The molecule has 2 unspecified atom stereocenters. The number of ether oxygens (including phenoxy) is 3. The van der Waals surface area contributed by atoms with E-state index in [-0.39, 0.29) is 25.0 Å². The number of morpholine rings is 1. The van der Waals surface area contributed by atoms with Gasteiger partial charge in [-0.3, -0.25) is 9.59 Å². The SMILES string of the molecule is COc1cc(NC(C(=O)N2CCOCC2c2ccccc2)c2ccccc2)cc(OCCCC(=O)O)c1. The van der Waals surface area contributed by atoms with Crippen molar-refractivity contribution in [1.29, 1.82) is 0 Å². The number of carboxylic acid groups (broad SMARTS) is 1. The van der Waals surface area contributed by atoms with Crippen LogP contribution < -0.4 is 14.8 Å². The highest BCUT2D eigenvalue weighted by molar-refractivity contribution is 5.87. The summed E-state index contributed by atoms with van der Waals surface area (Å²) in [5.74, 6) is 0.166. The number of methoxy groups -OCH3 is 1. The van der Waals surface area contributed by atoms with Crippen molar-refractivity contribution in [2.45, 2.75) is 24.9 Å². The number of hydrogen-bond acceptors (Lipinski definition) is 6. The van der Waals surface area contributed by atoms with E-state index in [1.807, 2.05) is 65.6 Å². The number of carbonyl (C=O) groups excluding carboxylic acids is 1. The fourth-order valence-electron chi connectivity index (χ4n) is 4.35. The largest absolute Gasteiger partial charge is 0.497 e. The van der Waals surface area contributed by atoms with E-state index in [0.29, 0.717) is 43.4 Å². The number of carbonyl (C=O) groups is 2. The van der Waals surface area contributed by atoms with E-state index in [4.69, 9.17) is 19.3 Å². The molecule has 0 aliphatic carbocycles. The Kier molecular flexibility index (Phi) is 8.99. The summed E-state index contributed by atoms with van der Waals surface area (Å²) in [4.78, 5) is 26.8. The minimum absolute atomic E-state index is 0.0296. The molecule has 194 valence electrons. The van der Waals surface area contributed by atoms with Crippen molar-refractivity contribution in [3.8, 4) is 11.5 Å². The molecule has 1 aliphatic rings. The number of hydrogen-bond donors (Lipinski definition) is 2. The normalized spacial score (nSPS) is 16.0. The zero-order valence-corrected chi connectivity index (χ0v) is 20.8. The van der Waals surface area contributed by atoms with Crippen LogP contribution in [0.2, 0.25) is 0 Å². The van der Waals surface area contributed by atoms with Crippen molar-refractivity contribution < 1.29 is 28.9 Å². The second kappa shape index (κ2) is 12.8. The second-order valence-corrected chi connectivity index (χ2v) is 8.76. The molecule has 37 heavy (non-hydrogen) atoms. The van der Waals surface area contributed by atoms with E-state index >= 15 is 0 Å². The highest BCUT2D eigenvalue weighted by atomic mass is 16.5. The Morgan fingerprint density at radius 1 is 1.05 bits per heavy atom. The summed E-state index contributed by atoms with van der Waals surface area (Å²) < 4.78 is 17.0. The summed E-state index contributed by atoms with van der Waals surface area (Å²) in [6.45, 7) is 1.65. The summed E-state index contributed by atoms with van der Waals surface area (Å²) in [5.41, 5.74) is 2.51. The van der Waals surface area contributed by atoms with Gasteiger partial charge in [-0.15, -0.1) is 0 Å². The van der Waals surface area contributed by atoms with Gasteiger partial charge < -0.3 is 29.5 Å². The molecule has 3 aromatic rings. The molecule has 0 bridgehead atoms. The van der Waals surface area contributed by atoms with Crippen LogP contribution in [-0.2, 0) is 14.3 Å². The third-order valence-electron chi connectivity index (χ3n) is 6.21. The molecule has 3 aromatic carbocycles. The standard InChI is InChI=1S/C29H32N2O6/c1-35-24-17-23(18-25(19-24)37-15-8-13-27(32)33)30-28(22-11-6-3-7-12-22)29(34)31-14-16-36-20-26(31)21-9-4-2-5-10-21/h2-7,9-12,17-19,26,28,30H,8,13-16,20H2,1H3,(H,32,33). The Balaban J connectivity index is 1.60. The van der Waals surface area contributed by atoms with E-state index in [9.17, 15) is 9.59 Å². The Labute approximate surface area is 216 Å². The molecule has 1 fully saturated rings. The molecule has 0 radical (unpaired) electrons. The molecule has 4 rings (SSSR count). The summed E-state index contributed by atoms with van der Waals surface area (Å²) >= 11 is 0. The summed E-state index contributed by atoms with van der Waals surface area (Å²) in [6, 6.07) is 24.0. The number of amides is 1. The maximum atomic E-state index is 14.1. The molecule has 0 saturated carbocycles. The molecule has 1 aliphatic heterocycles. The first-order chi connectivity index (χ1) is 18.0. The van der Waals surface area contributed by atoms with E-state index in [1.165, 1.54) is 0 Å². The quantitative estimate of drug-likeness (QED) is 0.366. The van der Waals surface area contributed by atoms with E-state index < -0.39 is 12.0 Å². The summed E-state index contributed by atoms with van der Waals surface area (Å²) in [7, 11) is 1.56. The van der Waals surface area contributed by atoms with Crippen LogP contribution in [0, 0.1) is 0 Å². The topological polar surface area (TPSA) is 97.3 Å². The van der Waals surface area contributed by atoms with Gasteiger partial charge in [-0.05, 0) is 17.5 Å². The number of aliphatic carboxylic acids is 1. The van der Waals surface area contributed by atoms with Crippen LogP contribution in [0.15, 0.2) is 78.9 Å². The summed E-state index contributed by atoms with van der Waals surface area (Å²) in [5, 5.41) is 12.3. The number of carboxylic acids is 1. The lowest BCUT2D eigenvalue weighted by molar-refractivity contribution is -0.141. The number of rotatable bonds is 11. The predicted octanol–water partition coefficient (Wildman–Crippen LogP) is 4.69. The minimum Gasteiger partial charge on any atom is -0.497 e. The van der Waals surface area contributed by atoms with Crippen LogP contribution in [0.5, 0.6) is 11.5 Å². The van der Waals surface area contributed by atoms with Crippen LogP contribution in [0.25, 0.3) is 0 Å². The number of anilines is 1. The number of benzene rings is 3. The molecule has 2 atom stereocenters. The van der Waals surface area contributed by atoms with Crippen LogP contribution >= 0.6 is 0 Å². The Hall–Kier alpha value is -4.04. The third-order valence-corrected chi connectivity index (χ3v) is 6.21. The van der Waals surface area contributed by atoms with Gasteiger partial charge in [-0.2, -0.15) is 0 Å². The monoisotopic (exact) mass is 504 g/mol. The molecule has 0 aromatic heterocycles. The Morgan fingerprint density at radius 3 is 2.46 bits per heavy atom. The average molecular weight is 505 g/mol. The van der Waals surface area contributed by atoms with Gasteiger partial charge in [0.05, 0.1) is 33.0 Å². The molecular weight excluding hydrogens is 472 g/mol. The second-order valence-electron chi connectivity index (χ2n) is 8.76. The van der Waals surface area contributed by atoms with E-state index in [2.05, 4.69) is 5.32 Å². The molecule has 2 N–H and O–H groups in total. The van der Waals surface area contributed by atoms with Gasteiger partial charge in [0, 0.05) is 36.9 Å². The van der Waals surface area contributed by atoms with Crippen molar-refractivity contribution in [1.82, 2.24) is 4.90 Å². The molecular formula is C29H32N2O6. The molecule has 8 nitrogen and oxygen atoms in total. The molecule has 8 heteroatoms. The van der Waals surface area contributed by atoms with Gasteiger partial charge in [0.1, 0.15) is 17.5 Å². The molecule has 1 saturated heterocycles. The molecule has 1 heterocycles. The maximum absolute atomic E-state index is 14.1. The average Bonchev–Trinajstić information content (AvgIpc) is 2.94. The minimum atomic E-state index is -0.863. The van der Waals surface area contributed by atoms with E-state index in [0.717, 1.165) is 11.1 Å². The van der Waals surface area contributed by atoms with Gasteiger partial charge >= 0.3 is 5.97 Å². The van der Waals surface area contributed by atoms with Crippen LogP contribution in [-0.4, -0.2) is 55.4 Å². The molecule has 0 spiro atoms. The molecule has 1 amide bonds. The van der Waals surface area contributed by atoms with Crippen molar-refractivity contribution in [3.63, 3.8) is 0 Å². The first-order valence-corrected chi connectivity index (χ1v) is 12.3. The van der Waals surface area contributed by atoms with Gasteiger partial charge in [0.25, 0.3) is 0 Å². The summed E-state index contributed by atoms with van der Waals surface area (Å²) in [6.07, 6.45) is 0.417. The van der Waals surface area contributed by atoms with Gasteiger partial charge in [-0.25, -0.2) is 0 Å². The van der Waals surface area contributed by atoms with Crippen molar-refractivity contribution >= 4 is 17.6 Å². The maximum Gasteiger partial charge on any atom is 0.303 e. The highest BCUT2D eigenvalue weighted by Gasteiger charge is 2.34. The van der Waals surface area contributed by atoms with Gasteiger partial charge in [-0.1, -0.05) is 60.7 Å². The lowest BCUT2D eigenvalue weighted by Gasteiger charge is -2.38. The van der Waals surface area contributed by atoms with Crippen molar-refractivity contribution in [2.24, 2.45) is 0 Å². The van der Waals surface area contributed by atoms with Gasteiger partial charge in [0.2, 0.25) is 5.91 Å².